The van der Waals surface area contributed by atoms with Crippen molar-refractivity contribution in [3.05, 3.63) is 47.3 Å². The second kappa shape index (κ2) is 19.7. The summed E-state index contributed by atoms with van der Waals surface area (Å²) in [5.41, 5.74) is 1.71. The minimum atomic E-state index is -1.97. The number of cyclic esters (lactones) is 1. The Labute approximate surface area is 303 Å². The Morgan fingerprint density at radius 2 is 1.71 bits per heavy atom. The number of allylic oxidation sites excluding steroid dienone is 5. The van der Waals surface area contributed by atoms with Crippen molar-refractivity contribution in [2.45, 2.75) is 130 Å². The van der Waals surface area contributed by atoms with Gasteiger partial charge in [-0.15, -0.1) is 0 Å². The van der Waals surface area contributed by atoms with Gasteiger partial charge >= 0.3 is 17.9 Å². The molecule has 0 aliphatic carbocycles. The maximum absolute atomic E-state index is 13.6. The van der Waals surface area contributed by atoms with Gasteiger partial charge in [-0.05, 0) is 38.2 Å². The summed E-state index contributed by atoms with van der Waals surface area (Å²) in [6.07, 6.45) is 3.36. The summed E-state index contributed by atoms with van der Waals surface area (Å²) in [5, 5.41) is 43.9. The molecule has 12 heteroatoms. The summed E-state index contributed by atoms with van der Waals surface area (Å²) in [6, 6.07) is 0. The smallest absolute Gasteiger partial charge is 0.373 e. The second-order valence-electron chi connectivity index (χ2n) is 14.9. The van der Waals surface area contributed by atoms with E-state index < -0.39 is 72.2 Å². The SMILES string of the molecule is COC1=CC(C)=CC(C)C(O)C(C)CC(C)=CC=CC(OC)C(C(C)C(O)C(C)C2(O)CC(OC(=O)CCC(=O)O)C(C)C(C(C)C)O2)OC1=O. The first kappa shape index (κ1) is 44.1. The van der Waals surface area contributed by atoms with Crippen LogP contribution in [0.25, 0.3) is 0 Å². The van der Waals surface area contributed by atoms with Gasteiger partial charge in [-0.1, -0.05) is 83.9 Å². The van der Waals surface area contributed by atoms with Crippen molar-refractivity contribution in [2.75, 3.05) is 14.2 Å². The third kappa shape index (κ3) is 12.3. The normalized spacial score (nSPS) is 33.2. The number of aliphatic hydroxyl groups excluding tert-OH is 2. The van der Waals surface area contributed by atoms with Gasteiger partial charge in [0.2, 0.25) is 5.76 Å². The highest BCUT2D eigenvalue weighted by Gasteiger charge is 2.53. The predicted molar refractivity (Wildman–Crippen MR) is 191 cm³/mol. The summed E-state index contributed by atoms with van der Waals surface area (Å²) in [7, 11) is 2.81. The maximum Gasteiger partial charge on any atom is 0.373 e. The molecule has 290 valence electrons. The Morgan fingerprint density at radius 3 is 2.27 bits per heavy atom. The van der Waals surface area contributed by atoms with Gasteiger partial charge in [0.15, 0.2) is 5.79 Å². The first-order chi connectivity index (χ1) is 23.8. The number of carboxylic acids is 1. The quantitative estimate of drug-likeness (QED) is 0.208. The lowest BCUT2D eigenvalue weighted by molar-refractivity contribution is -0.329. The summed E-state index contributed by atoms with van der Waals surface area (Å²) in [4.78, 5) is 37.2. The first-order valence-electron chi connectivity index (χ1n) is 18.0. The molecule has 2 aliphatic heterocycles. The van der Waals surface area contributed by atoms with Crippen molar-refractivity contribution in [3.8, 4) is 0 Å². The molecule has 51 heavy (non-hydrogen) atoms. The van der Waals surface area contributed by atoms with Crippen LogP contribution in [0, 0.1) is 35.5 Å². The highest BCUT2D eigenvalue weighted by Crippen LogP contribution is 2.42. The van der Waals surface area contributed by atoms with E-state index in [1.165, 1.54) is 20.3 Å². The van der Waals surface area contributed by atoms with Gasteiger partial charge in [-0.3, -0.25) is 9.59 Å². The molecule has 0 saturated carbocycles. The van der Waals surface area contributed by atoms with Crippen LogP contribution in [0.1, 0.15) is 88.0 Å². The van der Waals surface area contributed by atoms with Crippen molar-refractivity contribution in [1.29, 1.82) is 0 Å². The molecule has 0 amide bonds. The van der Waals surface area contributed by atoms with E-state index >= 15 is 0 Å². The van der Waals surface area contributed by atoms with E-state index in [0.717, 1.165) is 5.57 Å². The first-order valence-corrected chi connectivity index (χ1v) is 18.0. The number of aliphatic hydroxyl groups is 3. The molecule has 0 spiro atoms. The average Bonchev–Trinajstić information content (AvgIpc) is 3.06. The minimum absolute atomic E-state index is 0.0426. The fraction of sp³-hybridized carbons (Fsp3) is 0.718. The molecule has 1 fully saturated rings. The number of esters is 2. The molecule has 1 saturated heterocycles. The van der Waals surface area contributed by atoms with Crippen LogP contribution in [-0.2, 0) is 38.1 Å². The molecule has 2 rings (SSSR count). The number of carbonyl (C=O) groups is 3. The lowest BCUT2D eigenvalue weighted by Gasteiger charge is -2.50. The van der Waals surface area contributed by atoms with Gasteiger partial charge in [-0.2, -0.15) is 0 Å². The predicted octanol–water partition coefficient (Wildman–Crippen LogP) is 5.11. The molecular formula is C39H62O12. The summed E-state index contributed by atoms with van der Waals surface area (Å²) < 4.78 is 29.3. The van der Waals surface area contributed by atoms with Crippen molar-refractivity contribution in [3.63, 3.8) is 0 Å². The van der Waals surface area contributed by atoms with Gasteiger partial charge in [0, 0.05) is 37.2 Å². The van der Waals surface area contributed by atoms with Crippen LogP contribution in [-0.4, -0.2) is 95.0 Å². The van der Waals surface area contributed by atoms with Crippen LogP contribution >= 0.6 is 0 Å². The van der Waals surface area contributed by atoms with Gasteiger partial charge in [0.1, 0.15) is 18.3 Å². The molecule has 0 aromatic rings. The third-order valence-corrected chi connectivity index (χ3v) is 10.3. The number of carboxylic acid groups (broad SMARTS) is 1. The highest BCUT2D eigenvalue weighted by atomic mass is 16.6. The Balaban J connectivity index is 2.53. The molecule has 12 nitrogen and oxygen atoms in total. The summed E-state index contributed by atoms with van der Waals surface area (Å²) >= 11 is 0. The Morgan fingerprint density at radius 1 is 1.06 bits per heavy atom. The number of aliphatic carboxylic acids is 1. The monoisotopic (exact) mass is 722 g/mol. The van der Waals surface area contributed by atoms with Crippen LogP contribution in [0.2, 0.25) is 0 Å². The van der Waals surface area contributed by atoms with Gasteiger partial charge in [-0.25, -0.2) is 4.79 Å². The van der Waals surface area contributed by atoms with Crippen LogP contribution in [0.5, 0.6) is 0 Å². The second-order valence-corrected chi connectivity index (χ2v) is 14.9. The van der Waals surface area contributed by atoms with Crippen molar-refractivity contribution in [2.24, 2.45) is 35.5 Å². The van der Waals surface area contributed by atoms with E-state index in [-0.39, 0.29) is 48.7 Å². The maximum atomic E-state index is 13.6. The van der Waals surface area contributed by atoms with Gasteiger partial charge in [0.05, 0.1) is 38.3 Å². The van der Waals surface area contributed by atoms with E-state index in [1.807, 2.05) is 53.7 Å². The molecule has 2 heterocycles. The molecule has 2 aliphatic rings. The molecule has 4 N–H and O–H groups in total. The van der Waals surface area contributed by atoms with Crippen molar-refractivity contribution >= 4 is 17.9 Å². The number of hydrogen-bond donors (Lipinski definition) is 4. The van der Waals surface area contributed by atoms with Crippen LogP contribution < -0.4 is 0 Å². The molecule has 12 atom stereocenters. The Bertz CT molecular complexity index is 1300. The lowest BCUT2D eigenvalue weighted by Crippen LogP contribution is -2.59. The topological polar surface area (TPSA) is 178 Å². The van der Waals surface area contributed by atoms with Crippen LogP contribution in [0.15, 0.2) is 47.3 Å². The van der Waals surface area contributed by atoms with E-state index in [4.69, 9.17) is 28.8 Å². The van der Waals surface area contributed by atoms with E-state index in [0.29, 0.717) is 12.0 Å². The zero-order chi connectivity index (χ0) is 38.8. The molecule has 0 radical (unpaired) electrons. The lowest BCUT2D eigenvalue weighted by atomic mass is 9.76. The standard InChI is InChI=1S/C39H62O12/c1-21(2)36-26(7)31(49-33(42)16-15-32(40)41)20-39(46,51-36)28(9)35(44)27(8)37-29(47-10)14-12-13-22(3)17-24(5)34(43)25(6)18-23(4)19-30(48-11)38(45)50-37/h12-14,18-19,21,24-29,31,34-37,43-44,46H,15-17,20H2,1-11H3,(H,40,41). The van der Waals surface area contributed by atoms with Crippen molar-refractivity contribution < 1.29 is 58.5 Å². The summed E-state index contributed by atoms with van der Waals surface area (Å²) in [5.74, 6) is -7.19. The minimum Gasteiger partial charge on any atom is -0.490 e. The zero-order valence-corrected chi connectivity index (χ0v) is 32.2. The Kier molecular flexibility index (Phi) is 17.1. The number of hydrogen-bond acceptors (Lipinski definition) is 11. The van der Waals surface area contributed by atoms with Gasteiger partial charge in [0.25, 0.3) is 0 Å². The molecule has 0 aromatic carbocycles. The third-order valence-electron chi connectivity index (χ3n) is 10.3. The fourth-order valence-electron chi connectivity index (χ4n) is 7.11. The molecule has 0 aromatic heterocycles. The van der Waals surface area contributed by atoms with Crippen molar-refractivity contribution in [1.82, 2.24) is 0 Å². The van der Waals surface area contributed by atoms with E-state index in [9.17, 15) is 29.7 Å². The largest absolute Gasteiger partial charge is 0.490 e. The molecular weight excluding hydrogens is 660 g/mol. The van der Waals surface area contributed by atoms with Crippen LogP contribution in [0.3, 0.4) is 0 Å². The van der Waals surface area contributed by atoms with Gasteiger partial charge < -0.3 is 44.1 Å². The number of ether oxygens (including phenoxy) is 5. The number of carbonyl (C=O) groups excluding carboxylic acids is 2. The summed E-state index contributed by atoms with van der Waals surface area (Å²) in [6.45, 7) is 16.6. The Hall–Kier alpha value is -3.03. The zero-order valence-electron chi connectivity index (χ0n) is 32.2. The highest BCUT2D eigenvalue weighted by molar-refractivity contribution is 5.87. The van der Waals surface area contributed by atoms with Crippen LogP contribution in [0.4, 0.5) is 0 Å². The molecule has 12 unspecified atom stereocenters. The van der Waals surface area contributed by atoms with E-state index in [1.54, 1.807) is 32.9 Å². The number of rotatable bonds is 11. The van der Waals surface area contributed by atoms with E-state index in [2.05, 4.69) is 0 Å². The average molecular weight is 723 g/mol. The fourth-order valence-corrected chi connectivity index (χ4v) is 7.11. The molecule has 0 bridgehead atoms. The number of methoxy groups -OCH3 is 2.